The third kappa shape index (κ3) is 3.43. The van der Waals surface area contributed by atoms with Gasteiger partial charge >= 0.3 is 0 Å². The largest absolute Gasteiger partial charge is 0.271 e. The van der Waals surface area contributed by atoms with Crippen molar-refractivity contribution in [3.63, 3.8) is 0 Å². The van der Waals surface area contributed by atoms with Crippen LogP contribution in [0.15, 0.2) is 41.1 Å². The standard InChI is InChI=1S/C12H13BrN2O2S/c1-18(16,17)7-6-15-9-10(8-14-15)11-4-2-3-5-12(11)13/h2-5,8-9H,6-7H2,1H3. The van der Waals surface area contributed by atoms with Crippen LogP contribution in [0.2, 0.25) is 0 Å². The first-order valence-corrected chi connectivity index (χ1v) is 8.26. The summed E-state index contributed by atoms with van der Waals surface area (Å²) in [6.07, 6.45) is 4.82. The van der Waals surface area contributed by atoms with E-state index in [2.05, 4.69) is 21.0 Å². The highest BCUT2D eigenvalue weighted by Crippen LogP contribution is 2.27. The molecule has 2 rings (SSSR count). The highest BCUT2D eigenvalue weighted by Gasteiger charge is 2.07. The van der Waals surface area contributed by atoms with Gasteiger partial charge in [0.15, 0.2) is 0 Å². The van der Waals surface area contributed by atoms with Crippen LogP contribution in [0, 0.1) is 0 Å². The van der Waals surface area contributed by atoms with Gasteiger partial charge in [0.1, 0.15) is 9.84 Å². The van der Waals surface area contributed by atoms with Crippen molar-refractivity contribution in [1.82, 2.24) is 9.78 Å². The second-order valence-electron chi connectivity index (χ2n) is 4.10. The van der Waals surface area contributed by atoms with E-state index in [1.165, 1.54) is 6.26 Å². The van der Waals surface area contributed by atoms with Crippen molar-refractivity contribution in [3.8, 4) is 11.1 Å². The quantitative estimate of drug-likeness (QED) is 0.865. The number of rotatable bonds is 4. The topological polar surface area (TPSA) is 52.0 Å². The molecule has 0 aliphatic rings. The third-order valence-corrected chi connectivity index (χ3v) is 4.12. The van der Waals surface area contributed by atoms with Gasteiger partial charge in [-0.1, -0.05) is 34.1 Å². The minimum Gasteiger partial charge on any atom is -0.271 e. The molecule has 0 spiro atoms. The van der Waals surface area contributed by atoms with Crippen molar-refractivity contribution in [2.45, 2.75) is 6.54 Å². The minimum absolute atomic E-state index is 0.101. The Balaban J connectivity index is 2.19. The molecule has 0 amide bonds. The smallest absolute Gasteiger partial charge is 0.149 e. The zero-order valence-electron chi connectivity index (χ0n) is 9.88. The van der Waals surface area contributed by atoms with Gasteiger partial charge in [-0.25, -0.2) is 8.42 Å². The summed E-state index contributed by atoms with van der Waals surface area (Å²) in [6.45, 7) is 0.378. The number of aryl methyl sites for hydroxylation is 1. The zero-order chi connectivity index (χ0) is 13.2. The Hall–Kier alpha value is -1.14. The number of benzene rings is 1. The monoisotopic (exact) mass is 328 g/mol. The van der Waals surface area contributed by atoms with Crippen LogP contribution in [0.4, 0.5) is 0 Å². The molecule has 96 valence electrons. The van der Waals surface area contributed by atoms with Crippen LogP contribution in [-0.4, -0.2) is 30.2 Å². The van der Waals surface area contributed by atoms with Crippen LogP contribution in [0.5, 0.6) is 0 Å². The van der Waals surface area contributed by atoms with E-state index >= 15 is 0 Å². The summed E-state index contributed by atoms with van der Waals surface area (Å²) in [6, 6.07) is 7.85. The molecule has 0 aliphatic carbocycles. The molecule has 1 aromatic heterocycles. The van der Waals surface area contributed by atoms with Gasteiger partial charge in [-0.3, -0.25) is 4.68 Å². The summed E-state index contributed by atoms with van der Waals surface area (Å²) in [4.78, 5) is 0. The molecule has 1 aromatic carbocycles. The summed E-state index contributed by atoms with van der Waals surface area (Å²) in [5.74, 6) is 0.101. The molecule has 0 unspecified atom stereocenters. The lowest BCUT2D eigenvalue weighted by molar-refractivity contribution is 0.586. The highest BCUT2D eigenvalue weighted by atomic mass is 79.9. The fraction of sp³-hybridized carbons (Fsp3) is 0.250. The lowest BCUT2D eigenvalue weighted by atomic mass is 10.1. The predicted molar refractivity (Wildman–Crippen MR) is 75.1 cm³/mol. The van der Waals surface area contributed by atoms with E-state index in [1.807, 2.05) is 30.5 Å². The molecule has 0 atom stereocenters. The van der Waals surface area contributed by atoms with Crippen molar-refractivity contribution in [2.75, 3.05) is 12.0 Å². The maximum absolute atomic E-state index is 11.1. The average Bonchev–Trinajstić information content (AvgIpc) is 2.75. The fourth-order valence-corrected chi connectivity index (χ4v) is 2.61. The molecule has 1 heterocycles. The number of aromatic nitrogens is 2. The molecule has 0 saturated heterocycles. The van der Waals surface area contributed by atoms with E-state index in [-0.39, 0.29) is 5.75 Å². The lowest BCUT2D eigenvalue weighted by Gasteiger charge is -2.01. The van der Waals surface area contributed by atoms with Gasteiger partial charge in [0, 0.05) is 22.5 Å². The first-order chi connectivity index (χ1) is 8.46. The molecule has 0 N–H and O–H groups in total. The Morgan fingerprint density at radius 3 is 2.72 bits per heavy atom. The Morgan fingerprint density at radius 1 is 1.33 bits per heavy atom. The third-order valence-electron chi connectivity index (χ3n) is 2.51. The van der Waals surface area contributed by atoms with E-state index < -0.39 is 9.84 Å². The van der Waals surface area contributed by atoms with Crippen LogP contribution in [0.3, 0.4) is 0 Å². The summed E-state index contributed by atoms with van der Waals surface area (Å²) in [7, 11) is -2.96. The van der Waals surface area contributed by atoms with Gasteiger partial charge in [-0.15, -0.1) is 0 Å². The Bertz CT molecular complexity index is 650. The van der Waals surface area contributed by atoms with Crippen LogP contribution in [0.1, 0.15) is 0 Å². The van der Waals surface area contributed by atoms with E-state index in [4.69, 9.17) is 0 Å². The first-order valence-electron chi connectivity index (χ1n) is 5.41. The number of hydrogen-bond donors (Lipinski definition) is 0. The van der Waals surface area contributed by atoms with E-state index in [1.54, 1.807) is 10.9 Å². The summed E-state index contributed by atoms with van der Waals surface area (Å²) >= 11 is 3.48. The number of hydrogen-bond acceptors (Lipinski definition) is 3. The molecule has 0 saturated carbocycles. The average molecular weight is 329 g/mol. The maximum Gasteiger partial charge on any atom is 0.149 e. The van der Waals surface area contributed by atoms with Gasteiger partial charge in [0.2, 0.25) is 0 Å². The zero-order valence-corrected chi connectivity index (χ0v) is 12.3. The molecule has 0 bridgehead atoms. The van der Waals surface area contributed by atoms with Crippen molar-refractivity contribution in [2.24, 2.45) is 0 Å². The first kappa shape index (κ1) is 13.3. The molecule has 0 radical (unpaired) electrons. The van der Waals surface area contributed by atoms with E-state index in [0.29, 0.717) is 6.54 Å². The summed E-state index contributed by atoms with van der Waals surface area (Å²) < 4.78 is 24.8. The van der Waals surface area contributed by atoms with E-state index in [9.17, 15) is 8.42 Å². The summed E-state index contributed by atoms with van der Waals surface area (Å²) in [5.41, 5.74) is 2.01. The van der Waals surface area contributed by atoms with Gasteiger partial charge in [-0.05, 0) is 11.6 Å². The normalized spacial score (nSPS) is 11.7. The second-order valence-corrected chi connectivity index (χ2v) is 7.22. The molecule has 0 aliphatic heterocycles. The van der Waals surface area contributed by atoms with Crippen molar-refractivity contribution < 1.29 is 8.42 Å². The van der Waals surface area contributed by atoms with Crippen LogP contribution >= 0.6 is 15.9 Å². The molecule has 18 heavy (non-hydrogen) atoms. The predicted octanol–water partition coefficient (Wildman–Crippen LogP) is 2.36. The Morgan fingerprint density at radius 2 is 2.06 bits per heavy atom. The number of halogens is 1. The molecular weight excluding hydrogens is 316 g/mol. The number of nitrogens with zero attached hydrogens (tertiary/aromatic N) is 2. The fourth-order valence-electron chi connectivity index (χ4n) is 1.58. The van der Waals surface area contributed by atoms with Gasteiger partial charge in [-0.2, -0.15) is 5.10 Å². The Labute approximate surface area is 115 Å². The second kappa shape index (κ2) is 5.24. The van der Waals surface area contributed by atoms with Gasteiger partial charge < -0.3 is 0 Å². The van der Waals surface area contributed by atoms with Crippen molar-refractivity contribution >= 4 is 25.8 Å². The molecule has 4 nitrogen and oxygen atoms in total. The summed E-state index contributed by atoms with van der Waals surface area (Å²) in [5, 5.41) is 4.17. The highest BCUT2D eigenvalue weighted by molar-refractivity contribution is 9.10. The van der Waals surface area contributed by atoms with Crippen LogP contribution in [0.25, 0.3) is 11.1 Å². The molecule has 0 fully saturated rings. The maximum atomic E-state index is 11.1. The van der Waals surface area contributed by atoms with Crippen LogP contribution in [-0.2, 0) is 16.4 Å². The lowest BCUT2D eigenvalue weighted by Crippen LogP contribution is -2.11. The van der Waals surface area contributed by atoms with Crippen molar-refractivity contribution in [1.29, 1.82) is 0 Å². The Kier molecular flexibility index (Phi) is 3.87. The minimum atomic E-state index is -2.96. The molecule has 6 heteroatoms. The van der Waals surface area contributed by atoms with Crippen molar-refractivity contribution in [3.05, 3.63) is 41.1 Å². The number of sulfone groups is 1. The van der Waals surface area contributed by atoms with Gasteiger partial charge in [0.05, 0.1) is 18.5 Å². The SMILES string of the molecule is CS(=O)(=O)CCn1cc(-c2ccccc2Br)cn1. The van der Waals surface area contributed by atoms with Gasteiger partial charge in [0.25, 0.3) is 0 Å². The molecule has 2 aromatic rings. The van der Waals surface area contributed by atoms with Crippen LogP contribution < -0.4 is 0 Å². The van der Waals surface area contributed by atoms with E-state index in [0.717, 1.165) is 15.6 Å². The molecular formula is C12H13BrN2O2S.